The summed E-state index contributed by atoms with van der Waals surface area (Å²) >= 11 is 0. The van der Waals surface area contributed by atoms with Gasteiger partial charge in [0.15, 0.2) is 0 Å². The van der Waals surface area contributed by atoms with Crippen molar-refractivity contribution in [2.45, 2.75) is 25.7 Å². The van der Waals surface area contributed by atoms with Crippen LogP contribution in [-0.2, 0) is 0 Å². The van der Waals surface area contributed by atoms with Crippen LogP contribution in [0, 0.1) is 5.66 Å². The second-order valence-corrected chi connectivity index (χ2v) is 7.12. The monoisotopic (exact) mass is 253 g/mol. The molecular formula is C17H18P. The highest BCUT2D eigenvalue weighted by Crippen LogP contribution is 2.52. The van der Waals surface area contributed by atoms with E-state index in [1.165, 1.54) is 36.3 Å². The SMILES string of the molecule is c1ccc(P([C]2CCCC2)c2ccccc2)cc1. The Kier molecular flexibility index (Phi) is 3.76. The molecule has 1 aliphatic carbocycles. The molecule has 0 atom stereocenters. The Labute approximate surface area is 111 Å². The summed E-state index contributed by atoms with van der Waals surface area (Å²) in [5, 5.41) is 3.02. The first kappa shape index (κ1) is 11.9. The average Bonchev–Trinajstić information content (AvgIpc) is 2.95. The highest BCUT2D eigenvalue weighted by molar-refractivity contribution is 7.75. The summed E-state index contributed by atoms with van der Waals surface area (Å²) in [6.07, 6.45) is 5.42. The minimum Gasteiger partial charge on any atom is -0.0622 e. The van der Waals surface area contributed by atoms with Crippen molar-refractivity contribution >= 4 is 18.5 Å². The standard InChI is InChI=1S/C17H18P/c1-3-9-15(10-4-1)18(17-13-7-8-14-17)16-11-5-2-6-12-16/h1-6,9-12H,7-8,13-14H2. The molecule has 1 fully saturated rings. The Balaban J connectivity index is 1.98. The fraction of sp³-hybridized carbons (Fsp3) is 0.235. The van der Waals surface area contributed by atoms with Crippen molar-refractivity contribution in [3.8, 4) is 0 Å². The molecule has 1 saturated carbocycles. The lowest BCUT2D eigenvalue weighted by molar-refractivity contribution is 0.886. The van der Waals surface area contributed by atoms with E-state index in [0.29, 0.717) is 0 Å². The van der Waals surface area contributed by atoms with Gasteiger partial charge < -0.3 is 0 Å². The van der Waals surface area contributed by atoms with Gasteiger partial charge in [0.25, 0.3) is 0 Å². The Morgan fingerprint density at radius 2 is 1.06 bits per heavy atom. The molecule has 3 rings (SSSR count). The normalized spacial score (nSPS) is 16.3. The largest absolute Gasteiger partial charge is 0.0622 e. The third kappa shape index (κ3) is 2.49. The minimum absolute atomic E-state index is 0.235. The maximum atomic E-state index is 2.30. The van der Waals surface area contributed by atoms with Gasteiger partial charge in [-0.3, -0.25) is 0 Å². The van der Waals surface area contributed by atoms with Gasteiger partial charge in [-0.25, -0.2) is 0 Å². The van der Waals surface area contributed by atoms with Crippen LogP contribution in [0.2, 0.25) is 0 Å². The summed E-state index contributed by atoms with van der Waals surface area (Å²) in [6, 6.07) is 22.1. The zero-order valence-corrected chi connectivity index (χ0v) is 11.4. The molecule has 91 valence electrons. The van der Waals surface area contributed by atoms with Crippen LogP contribution in [0.1, 0.15) is 25.7 Å². The number of hydrogen-bond donors (Lipinski definition) is 0. The fourth-order valence-corrected chi connectivity index (χ4v) is 5.41. The van der Waals surface area contributed by atoms with Crippen molar-refractivity contribution in [2.75, 3.05) is 0 Å². The van der Waals surface area contributed by atoms with Crippen LogP contribution in [-0.4, -0.2) is 0 Å². The van der Waals surface area contributed by atoms with Crippen molar-refractivity contribution < 1.29 is 0 Å². The third-order valence-corrected chi connectivity index (χ3v) is 6.23. The molecular weight excluding hydrogens is 235 g/mol. The van der Waals surface area contributed by atoms with E-state index in [2.05, 4.69) is 60.7 Å². The Morgan fingerprint density at radius 1 is 0.611 bits per heavy atom. The van der Waals surface area contributed by atoms with Crippen LogP contribution in [0.5, 0.6) is 0 Å². The first-order chi connectivity index (χ1) is 8.95. The molecule has 2 aromatic carbocycles. The molecule has 1 aliphatic rings. The Hall–Kier alpha value is -1.13. The summed E-state index contributed by atoms with van der Waals surface area (Å²) in [7, 11) is -0.235. The summed E-state index contributed by atoms with van der Waals surface area (Å²) < 4.78 is 0. The van der Waals surface area contributed by atoms with Crippen LogP contribution in [0.25, 0.3) is 0 Å². The lowest BCUT2D eigenvalue weighted by atomic mass is 10.3. The van der Waals surface area contributed by atoms with E-state index in [1.807, 2.05) is 0 Å². The predicted molar refractivity (Wildman–Crippen MR) is 80.8 cm³/mol. The molecule has 0 bridgehead atoms. The molecule has 0 N–H and O–H groups in total. The van der Waals surface area contributed by atoms with E-state index in [9.17, 15) is 0 Å². The van der Waals surface area contributed by atoms with Gasteiger partial charge in [0.05, 0.1) is 0 Å². The van der Waals surface area contributed by atoms with E-state index in [0.717, 1.165) is 0 Å². The van der Waals surface area contributed by atoms with Gasteiger partial charge >= 0.3 is 0 Å². The second-order valence-electron chi connectivity index (χ2n) is 4.78. The number of hydrogen-bond acceptors (Lipinski definition) is 0. The molecule has 0 heterocycles. The van der Waals surface area contributed by atoms with Gasteiger partial charge in [-0.15, -0.1) is 0 Å². The van der Waals surface area contributed by atoms with E-state index >= 15 is 0 Å². The van der Waals surface area contributed by atoms with E-state index in [-0.39, 0.29) is 7.92 Å². The zero-order valence-electron chi connectivity index (χ0n) is 10.5. The molecule has 18 heavy (non-hydrogen) atoms. The van der Waals surface area contributed by atoms with E-state index in [4.69, 9.17) is 0 Å². The van der Waals surface area contributed by atoms with Gasteiger partial charge in [0, 0.05) is 5.66 Å². The second kappa shape index (κ2) is 5.67. The van der Waals surface area contributed by atoms with Crippen LogP contribution in [0.15, 0.2) is 60.7 Å². The van der Waals surface area contributed by atoms with Crippen LogP contribution < -0.4 is 10.6 Å². The third-order valence-electron chi connectivity index (χ3n) is 3.53. The fourth-order valence-electron chi connectivity index (χ4n) is 2.68. The molecule has 0 aromatic heterocycles. The molecule has 0 amide bonds. The highest BCUT2D eigenvalue weighted by atomic mass is 31.1. The summed E-state index contributed by atoms with van der Waals surface area (Å²) in [5.74, 6) is 0. The van der Waals surface area contributed by atoms with Crippen molar-refractivity contribution in [1.29, 1.82) is 0 Å². The Morgan fingerprint density at radius 3 is 1.50 bits per heavy atom. The van der Waals surface area contributed by atoms with Gasteiger partial charge in [-0.1, -0.05) is 73.5 Å². The molecule has 2 aromatic rings. The summed E-state index contributed by atoms with van der Waals surface area (Å²) in [4.78, 5) is 0. The number of benzene rings is 2. The average molecular weight is 253 g/mol. The molecule has 1 radical (unpaired) electrons. The predicted octanol–water partition coefficient (Wildman–Crippen LogP) is 4.23. The van der Waals surface area contributed by atoms with Gasteiger partial charge in [0.2, 0.25) is 0 Å². The maximum Gasteiger partial charge on any atom is 0.00872 e. The van der Waals surface area contributed by atoms with Crippen LogP contribution in [0.3, 0.4) is 0 Å². The lowest BCUT2D eigenvalue weighted by Crippen LogP contribution is -2.15. The quantitative estimate of drug-likeness (QED) is 0.718. The van der Waals surface area contributed by atoms with Crippen LogP contribution in [0.4, 0.5) is 0 Å². The minimum atomic E-state index is -0.235. The molecule has 0 nitrogen and oxygen atoms in total. The maximum absolute atomic E-state index is 2.30. The number of rotatable bonds is 3. The van der Waals surface area contributed by atoms with Crippen molar-refractivity contribution in [2.24, 2.45) is 0 Å². The highest BCUT2D eigenvalue weighted by Gasteiger charge is 2.27. The van der Waals surface area contributed by atoms with Gasteiger partial charge in [0.1, 0.15) is 0 Å². The molecule has 1 heteroatoms. The summed E-state index contributed by atoms with van der Waals surface area (Å²) in [6.45, 7) is 0. The summed E-state index contributed by atoms with van der Waals surface area (Å²) in [5.41, 5.74) is 1.78. The zero-order chi connectivity index (χ0) is 12.2. The van der Waals surface area contributed by atoms with Crippen molar-refractivity contribution in [3.63, 3.8) is 0 Å². The molecule has 0 aliphatic heterocycles. The molecule has 0 unspecified atom stereocenters. The van der Waals surface area contributed by atoms with Gasteiger partial charge in [-0.05, 0) is 31.4 Å². The topological polar surface area (TPSA) is 0 Å². The van der Waals surface area contributed by atoms with Gasteiger partial charge in [-0.2, -0.15) is 0 Å². The Bertz CT molecular complexity index is 432. The van der Waals surface area contributed by atoms with Crippen molar-refractivity contribution in [1.82, 2.24) is 0 Å². The van der Waals surface area contributed by atoms with E-state index in [1.54, 1.807) is 5.66 Å². The first-order valence-corrected chi connectivity index (χ1v) is 8.04. The smallest absolute Gasteiger partial charge is 0.00872 e. The molecule has 0 spiro atoms. The van der Waals surface area contributed by atoms with Crippen molar-refractivity contribution in [3.05, 3.63) is 66.3 Å². The van der Waals surface area contributed by atoms with E-state index < -0.39 is 0 Å². The first-order valence-electron chi connectivity index (χ1n) is 6.70. The van der Waals surface area contributed by atoms with Crippen LogP contribution >= 0.6 is 7.92 Å². The molecule has 0 saturated heterocycles. The lowest BCUT2D eigenvalue weighted by Gasteiger charge is -2.24.